The minimum atomic E-state index is -0.497. The molecule has 0 aliphatic rings. The van der Waals surface area contributed by atoms with Crippen LogP contribution in [-0.2, 0) is 11.2 Å². The number of hydrogen-bond acceptors (Lipinski definition) is 4. The van der Waals surface area contributed by atoms with Crippen molar-refractivity contribution in [2.24, 2.45) is 0 Å². The number of anilines is 1. The lowest BCUT2D eigenvalue weighted by Crippen LogP contribution is -2.16. The van der Waals surface area contributed by atoms with Crippen molar-refractivity contribution in [1.29, 1.82) is 0 Å². The van der Waals surface area contributed by atoms with E-state index in [4.69, 9.17) is 16.3 Å². The van der Waals surface area contributed by atoms with E-state index >= 15 is 0 Å². The van der Waals surface area contributed by atoms with Gasteiger partial charge in [0.25, 0.3) is 0 Å². The summed E-state index contributed by atoms with van der Waals surface area (Å²) in [7, 11) is 1.57. The normalized spacial score (nSPS) is 10.9. The zero-order chi connectivity index (χ0) is 20.4. The highest BCUT2D eigenvalue weighted by Gasteiger charge is 2.13. The van der Waals surface area contributed by atoms with E-state index in [9.17, 15) is 9.18 Å². The van der Waals surface area contributed by atoms with Crippen LogP contribution in [0.5, 0.6) is 5.75 Å². The summed E-state index contributed by atoms with van der Waals surface area (Å²) in [6.07, 6.45) is 4.99. The number of ether oxygens (including phenoxy) is 1. The number of halogens is 2. The molecule has 6 nitrogen and oxygen atoms in total. The first-order chi connectivity index (χ1) is 14.0. The molecule has 4 aromatic rings. The number of aromatic nitrogens is 3. The molecule has 2 aromatic heterocycles. The highest BCUT2D eigenvalue weighted by Crippen LogP contribution is 2.25. The van der Waals surface area contributed by atoms with Crippen molar-refractivity contribution in [3.05, 3.63) is 77.5 Å². The molecule has 1 amide bonds. The number of carbonyl (C=O) groups excluding carboxylic acids is 1. The molecule has 0 aliphatic heterocycles. The number of hydrogen-bond donors (Lipinski definition) is 1. The average Bonchev–Trinajstić information content (AvgIpc) is 3.12. The average molecular weight is 411 g/mol. The van der Waals surface area contributed by atoms with Crippen molar-refractivity contribution < 1.29 is 13.9 Å². The van der Waals surface area contributed by atoms with Crippen molar-refractivity contribution >= 4 is 29.0 Å². The fourth-order valence-corrected chi connectivity index (χ4v) is 3.18. The monoisotopic (exact) mass is 410 g/mol. The lowest BCUT2D eigenvalue weighted by Gasteiger charge is -2.09. The van der Waals surface area contributed by atoms with Crippen molar-refractivity contribution in [3.8, 4) is 17.0 Å². The molecule has 0 aliphatic carbocycles. The summed E-state index contributed by atoms with van der Waals surface area (Å²) in [5, 5.41) is 2.87. The molecule has 0 fully saturated rings. The number of nitrogens with zero attached hydrogens (tertiary/aromatic N) is 3. The van der Waals surface area contributed by atoms with Gasteiger partial charge in [-0.1, -0.05) is 29.8 Å². The number of imidazole rings is 1. The van der Waals surface area contributed by atoms with Crippen LogP contribution in [0.3, 0.4) is 0 Å². The number of methoxy groups -OCH3 is 1. The third-order valence-electron chi connectivity index (χ3n) is 4.42. The molecule has 2 aromatic carbocycles. The predicted octanol–water partition coefficient (Wildman–Crippen LogP) is 4.38. The van der Waals surface area contributed by atoms with Crippen molar-refractivity contribution in [3.63, 3.8) is 0 Å². The highest BCUT2D eigenvalue weighted by atomic mass is 35.5. The Labute approximate surface area is 170 Å². The molecule has 0 unspecified atom stereocenters. The summed E-state index contributed by atoms with van der Waals surface area (Å²) in [4.78, 5) is 21.1. The fraction of sp³-hybridized carbons (Fsp3) is 0.0952. The fourth-order valence-electron chi connectivity index (χ4n) is 3.00. The maximum atomic E-state index is 13.4. The third-order valence-corrected chi connectivity index (χ3v) is 4.71. The zero-order valence-electron chi connectivity index (χ0n) is 15.4. The maximum Gasteiger partial charge on any atom is 0.230 e. The van der Waals surface area contributed by atoms with Crippen LogP contribution in [0.2, 0.25) is 5.02 Å². The van der Waals surface area contributed by atoms with E-state index in [2.05, 4.69) is 15.3 Å². The summed E-state index contributed by atoms with van der Waals surface area (Å²) in [6, 6.07) is 11.7. The van der Waals surface area contributed by atoms with Gasteiger partial charge in [0.2, 0.25) is 5.91 Å². The summed E-state index contributed by atoms with van der Waals surface area (Å²) >= 11 is 5.87. The molecular formula is C21H16ClFN4O2. The standard InChI is InChI=1S/C21H16ClFN4O2/c1-29-18-5-3-2-4-14(18)9-21(28)26-20-11-25-19-10-24-17(12-27(19)20)13-6-7-16(23)15(22)8-13/h2-8,10-12H,9H2,1H3,(H,26,28). The van der Waals surface area contributed by atoms with Crippen molar-refractivity contribution in [1.82, 2.24) is 14.4 Å². The Morgan fingerprint density at radius 1 is 1.21 bits per heavy atom. The maximum absolute atomic E-state index is 13.4. The third kappa shape index (κ3) is 3.90. The van der Waals surface area contributed by atoms with E-state index in [-0.39, 0.29) is 17.4 Å². The second-order valence-corrected chi connectivity index (χ2v) is 6.72. The number of nitrogens with one attached hydrogen (secondary N) is 1. The van der Waals surface area contributed by atoms with Crippen LogP contribution in [-0.4, -0.2) is 27.4 Å². The number of amides is 1. The molecule has 1 N–H and O–H groups in total. The van der Waals surface area contributed by atoms with Crippen LogP contribution in [0.1, 0.15) is 5.56 Å². The van der Waals surface area contributed by atoms with Crippen LogP contribution in [0.25, 0.3) is 16.9 Å². The van der Waals surface area contributed by atoms with Gasteiger partial charge < -0.3 is 10.1 Å². The van der Waals surface area contributed by atoms with Crippen molar-refractivity contribution in [2.45, 2.75) is 6.42 Å². The SMILES string of the molecule is COc1ccccc1CC(=O)Nc1cnc2cnc(-c3ccc(F)c(Cl)c3)cn12. The van der Waals surface area contributed by atoms with Crippen LogP contribution >= 0.6 is 11.6 Å². The zero-order valence-corrected chi connectivity index (χ0v) is 16.2. The Hall–Kier alpha value is -3.45. The van der Waals surface area contributed by atoms with E-state index in [0.717, 1.165) is 5.56 Å². The Kier molecular flexibility index (Phi) is 5.14. The number of rotatable bonds is 5. The van der Waals surface area contributed by atoms with Crippen LogP contribution < -0.4 is 10.1 Å². The molecule has 8 heteroatoms. The number of fused-ring (bicyclic) bond motifs is 1. The van der Waals surface area contributed by atoms with E-state index < -0.39 is 5.82 Å². The molecule has 0 saturated carbocycles. The van der Waals surface area contributed by atoms with Gasteiger partial charge in [0.15, 0.2) is 5.65 Å². The summed E-state index contributed by atoms with van der Waals surface area (Å²) in [5.41, 5.74) is 2.56. The summed E-state index contributed by atoms with van der Waals surface area (Å²) in [6.45, 7) is 0. The van der Waals surface area contributed by atoms with Gasteiger partial charge in [-0.2, -0.15) is 0 Å². The Morgan fingerprint density at radius 2 is 2.03 bits per heavy atom. The molecule has 146 valence electrons. The van der Waals surface area contributed by atoms with Gasteiger partial charge in [-0.15, -0.1) is 0 Å². The van der Waals surface area contributed by atoms with Crippen LogP contribution in [0, 0.1) is 5.82 Å². The molecule has 0 atom stereocenters. The van der Waals surface area contributed by atoms with E-state index in [1.807, 2.05) is 24.3 Å². The summed E-state index contributed by atoms with van der Waals surface area (Å²) < 4.78 is 20.4. The molecule has 0 radical (unpaired) electrons. The van der Waals surface area contributed by atoms with Gasteiger partial charge in [-0.25, -0.2) is 9.37 Å². The molecular weight excluding hydrogens is 395 g/mol. The lowest BCUT2D eigenvalue weighted by molar-refractivity contribution is -0.115. The molecule has 0 spiro atoms. The van der Waals surface area contributed by atoms with E-state index in [1.54, 1.807) is 36.2 Å². The van der Waals surface area contributed by atoms with Crippen LogP contribution in [0.15, 0.2) is 61.1 Å². The van der Waals surface area contributed by atoms with Gasteiger partial charge in [-0.3, -0.25) is 14.2 Å². The lowest BCUT2D eigenvalue weighted by atomic mass is 10.1. The Balaban J connectivity index is 1.61. The molecule has 2 heterocycles. The number of carbonyl (C=O) groups is 1. The van der Waals surface area contributed by atoms with Gasteiger partial charge in [0.1, 0.15) is 17.4 Å². The van der Waals surface area contributed by atoms with Gasteiger partial charge >= 0.3 is 0 Å². The number of para-hydroxylation sites is 1. The first-order valence-corrected chi connectivity index (χ1v) is 9.13. The van der Waals surface area contributed by atoms with E-state index in [0.29, 0.717) is 28.5 Å². The first-order valence-electron chi connectivity index (χ1n) is 8.75. The minimum absolute atomic E-state index is 0.0142. The molecule has 4 rings (SSSR count). The van der Waals surface area contributed by atoms with Crippen LogP contribution in [0.4, 0.5) is 10.2 Å². The van der Waals surface area contributed by atoms with E-state index in [1.165, 1.54) is 12.1 Å². The summed E-state index contributed by atoms with van der Waals surface area (Å²) in [5.74, 6) is 0.445. The van der Waals surface area contributed by atoms with Crippen molar-refractivity contribution in [2.75, 3.05) is 12.4 Å². The predicted molar refractivity (Wildman–Crippen MR) is 109 cm³/mol. The second-order valence-electron chi connectivity index (χ2n) is 6.31. The van der Waals surface area contributed by atoms with Gasteiger partial charge in [0, 0.05) is 17.3 Å². The van der Waals surface area contributed by atoms with Gasteiger partial charge in [0.05, 0.1) is 36.6 Å². The topological polar surface area (TPSA) is 68.5 Å². The highest BCUT2D eigenvalue weighted by molar-refractivity contribution is 6.31. The quantitative estimate of drug-likeness (QED) is 0.530. The number of benzene rings is 2. The second kappa shape index (κ2) is 7.89. The molecule has 0 saturated heterocycles. The Morgan fingerprint density at radius 3 is 2.83 bits per heavy atom. The molecule has 29 heavy (non-hydrogen) atoms. The minimum Gasteiger partial charge on any atom is -0.496 e. The smallest absolute Gasteiger partial charge is 0.230 e. The largest absolute Gasteiger partial charge is 0.496 e. The molecule has 0 bridgehead atoms. The Bertz CT molecular complexity index is 1210. The van der Waals surface area contributed by atoms with Gasteiger partial charge in [-0.05, 0) is 24.3 Å². The first kappa shape index (κ1) is 18.9.